The summed E-state index contributed by atoms with van der Waals surface area (Å²) in [5.74, 6) is 0.427. The number of amides is 1. The van der Waals surface area contributed by atoms with Crippen molar-refractivity contribution in [1.82, 2.24) is 24.6 Å². The largest absolute Gasteiger partial charge is 0.340 e. The maximum Gasteiger partial charge on any atom is 0.263 e. The number of H-pyrrole nitrogens is 1. The number of piperazine rings is 1. The number of carbonyl (C=O) groups is 1. The van der Waals surface area contributed by atoms with Crippen molar-refractivity contribution in [2.24, 2.45) is 7.05 Å². The fourth-order valence-corrected chi connectivity index (χ4v) is 2.36. The Morgan fingerprint density at radius 2 is 2.10 bits per heavy atom. The zero-order valence-corrected chi connectivity index (χ0v) is 11.6. The Bertz CT molecular complexity index is 733. The molecule has 2 aromatic rings. The second kappa shape index (κ2) is 4.32. The molecule has 1 amide bonds. The van der Waals surface area contributed by atoms with Crippen molar-refractivity contribution in [3.05, 3.63) is 16.6 Å². The van der Waals surface area contributed by atoms with Gasteiger partial charge < -0.3 is 9.80 Å². The van der Waals surface area contributed by atoms with E-state index in [1.807, 2.05) is 6.92 Å². The first-order chi connectivity index (χ1) is 9.47. The summed E-state index contributed by atoms with van der Waals surface area (Å²) in [5, 5.41) is 4.47. The molecule has 106 valence electrons. The van der Waals surface area contributed by atoms with Gasteiger partial charge in [0.2, 0.25) is 11.9 Å². The highest BCUT2D eigenvalue weighted by Gasteiger charge is 2.28. The summed E-state index contributed by atoms with van der Waals surface area (Å²) in [5.41, 5.74) is 0.278. The number of anilines is 1. The molecule has 1 fully saturated rings. The van der Waals surface area contributed by atoms with E-state index in [4.69, 9.17) is 0 Å². The quantitative estimate of drug-likeness (QED) is 0.746. The normalized spacial score (nSPS) is 19.9. The molecule has 1 saturated heterocycles. The van der Waals surface area contributed by atoms with E-state index < -0.39 is 0 Å². The van der Waals surface area contributed by atoms with Crippen molar-refractivity contribution in [1.29, 1.82) is 0 Å². The van der Waals surface area contributed by atoms with E-state index in [1.165, 1.54) is 6.20 Å². The van der Waals surface area contributed by atoms with Crippen LogP contribution in [0.5, 0.6) is 0 Å². The van der Waals surface area contributed by atoms with Crippen LogP contribution in [0.15, 0.2) is 11.0 Å². The standard InChI is InChI=1S/C12H16N6O2/c1-7-5-18(6-9(19)16(7)2)12-14-10-8(11(20)15-12)4-13-17(10)3/h4,7H,5-6H2,1-3H3,(H,14,15,20). The van der Waals surface area contributed by atoms with Crippen molar-refractivity contribution < 1.29 is 4.79 Å². The molecular formula is C12H16N6O2. The second-order valence-corrected chi connectivity index (χ2v) is 5.13. The fourth-order valence-electron chi connectivity index (χ4n) is 2.36. The van der Waals surface area contributed by atoms with Crippen LogP contribution in [0.3, 0.4) is 0 Å². The fraction of sp³-hybridized carbons (Fsp3) is 0.500. The summed E-state index contributed by atoms with van der Waals surface area (Å²) in [6, 6.07) is 0.0730. The van der Waals surface area contributed by atoms with Crippen LogP contribution in [0.25, 0.3) is 11.0 Å². The first-order valence-electron chi connectivity index (χ1n) is 6.40. The molecule has 1 aliphatic heterocycles. The molecule has 0 aliphatic carbocycles. The van der Waals surface area contributed by atoms with Gasteiger partial charge in [-0.15, -0.1) is 0 Å². The molecule has 0 bridgehead atoms. The maximum atomic E-state index is 12.0. The van der Waals surface area contributed by atoms with E-state index >= 15 is 0 Å². The van der Waals surface area contributed by atoms with Gasteiger partial charge in [-0.3, -0.25) is 19.3 Å². The Kier molecular flexibility index (Phi) is 2.73. The summed E-state index contributed by atoms with van der Waals surface area (Å²) in [7, 11) is 3.52. The third-order valence-electron chi connectivity index (χ3n) is 3.75. The molecule has 0 radical (unpaired) electrons. The lowest BCUT2D eigenvalue weighted by atomic mass is 10.2. The van der Waals surface area contributed by atoms with Crippen LogP contribution >= 0.6 is 0 Å². The molecule has 0 spiro atoms. The van der Waals surface area contributed by atoms with Crippen LogP contribution in [-0.4, -0.2) is 56.7 Å². The first kappa shape index (κ1) is 12.6. The zero-order valence-electron chi connectivity index (χ0n) is 11.6. The summed E-state index contributed by atoms with van der Waals surface area (Å²) in [4.78, 5) is 34.5. The number of aryl methyl sites for hydroxylation is 1. The predicted octanol–water partition coefficient (Wildman–Crippen LogP) is -0.676. The number of fused-ring (bicyclic) bond motifs is 1. The van der Waals surface area contributed by atoms with E-state index in [9.17, 15) is 9.59 Å². The summed E-state index contributed by atoms with van der Waals surface area (Å²) in [6.45, 7) is 2.81. The third kappa shape index (κ3) is 1.84. The molecule has 8 nitrogen and oxygen atoms in total. The molecule has 3 rings (SSSR count). The van der Waals surface area contributed by atoms with Crippen molar-refractivity contribution in [3.8, 4) is 0 Å². The number of hydrogen-bond acceptors (Lipinski definition) is 5. The zero-order chi connectivity index (χ0) is 14.4. The number of nitrogens with zero attached hydrogens (tertiary/aromatic N) is 5. The van der Waals surface area contributed by atoms with Gasteiger partial charge in [0.1, 0.15) is 5.39 Å². The van der Waals surface area contributed by atoms with Crippen LogP contribution in [0, 0.1) is 0 Å². The highest BCUT2D eigenvalue weighted by molar-refractivity contribution is 5.83. The molecule has 0 aromatic carbocycles. The summed E-state index contributed by atoms with van der Waals surface area (Å²) in [6.07, 6.45) is 1.49. The number of carbonyl (C=O) groups excluding carboxylic acids is 1. The topological polar surface area (TPSA) is 87.1 Å². The van der Waals surface area contributed by atoms with E-state index in [0.717, 1.165) is 0 Å². The Morgan fingerprint density at radius 3 is 2.80 bits per heavy atom. The lowest BCUT2D eigenvalue weighted by molar-refractivity contribution is -0.131. The monoisotopic (exact) mass is 276 g/mol. The van der Waals surface area contributed by atoms with E-state index in [0.29, 0.717) is 23.5 Å². The van der Waals surface area contributed by atoms with Gasteiger partial charge in [0.05, 0.1) is 12.7 Å². The molecule has 1 N–H and O–H groups in total. The number of aromatic amines is 1. The number of likely N-dealkylation sites (N-methyl/N-ethyl adjacent to an activating group) is 1. The molecule has 1 atom stereocenters. The summed E-state index contributed by atoms with van der Waals surface area (Å²) >= 11 is 0. The van der Waals surface area contributed by atoms with Crippen molar-refractivity contribution in [3.63, 3.8) is 0 Å². The van der Waals surface area contributed by atoms with Crippen LogP contribution in [0.1, 0.15) is 6.92 Å². The lowest BCUT2D eigenvalue weighted by Crippen LogP contribution is -2.54. The number of hydrogen-bond donors (Lipinski definition) is 1. The lowest BCUT2D eigenvalue weighted by Gasteiger charge is -2.37. The van der Waals surface area contributed by atoms with Crippen LogP contribution in [0.4, 0.5) is 5.95 Å². The number of aromatic nitrogens is 4. The van der Waals surface area contributed by atoms with Gasteiger partial charge in [-0.2, -0.15) is 10.1 Å². The Morgan fingerprint density at radius 1 is 1.35 bits per heavy atom. The summed E-state index contributed by atoms with van der Waals surface area (Å²) < 4.78 is 1.55. The average Bonchev–Trinajstić information content (AvgIpc) is 2.78. The minimum absolute atomic E-state index is 0.0107. The van der Waals surface area contributed by atoms with Crippen molar-refractivity contribution in [2.45, 2.75) is 13.0 Å². The van der Waals surface area contributed by atoms with Crippen LogP contribution in [-0.2, 0) is 11.8 Å². The molecule has 1 aliphatic rings. The molecular weight excluding hydrogens is 260 g/mol. The average molecular weight is 276 g/mol. The van der Waals surface area contributed by atoms with Gasteiger partial charge in [-0.05, 0) is 6.92 Å². The molecule has 1 unspecified atom stereocenters. The predicted molar refractivity (Wildman–Crippen MR) is 73.6 cm³/mol. The SMILES string of the molecule is CC1CN(c2nc3c(cnn3C)c(=O)[nH]2)CC(=O)N1C. The van der Waals surface area contributed by atoms with Crippen molar-refractivity contribution >= 4 is 22.9 Å². The van der Waals surface area contributed by atoms with Gasteiger partial charge in [0.25, 0.3) is 5.56 Å². The Hall–Kier alpha value is -2.38. The molecule has 8 heteroatoms. The number of nitrogens with one attached hydrogen (secondary N) is 1. The Balaban J connectivity index is 2.04. The van der Waals surface area contributed by atoms with Crippen LogP contribution in [0.2, 0.25) is 0 Å². The highest BCUT2D eigenvalue weighted by Crippen LogP contribution is 2.15. The first-order valence-corrected chi connectivity index (χ1v) is 6.40. The third-order valence-corrected chi connectivity index (χ3v) is 3.75. The van der Waals surface area contributed by atoms with E-state index in [2.05, 4.69) is 15.1 Å². The van der Waals surface area contributed by atoms with Crippen LogP contribution < -0.4 is 10.5 Å². The van der Waals surface area contributed by atoms with Gasteiger partial charge in [0, 0.05) is 26.7 Å². The van der Waals surface area contributed by atoms with E-state index in [1.54, 1.807) is 28.6 Å². The Labute approximate surface area is 115 Å². The van der Waals surface area contributed by atoms with E-state index in [-0.39, 0.29) is 24.1 Å². The number of rotatable bonds is 1. The van der Waals surface area contributed by atoms with Crippen molar-refractivity contribution in [2.75, 3.05) is 25.0 Å². The minimum Gasteiger partial charge on any atom is -0.340 e. The molecule has 0 saturated carbocycles. The smallest absolute Gasteiger partial charge is 0.263 e. The minimum atomic E-state index is -0.239. The van der Waals surface area contributed by atoms with Gasteiger partial charge >= 0.3 is 0 Å². The van der Waals surface area contributed by atoms with Gasteiger partial charge in [-0.1, -0.05) is 0 Å². The molecule has 3 heterocycles. The van der Waals surface area contributed by atoms with Gasteiger partial charge in [-0.25, -0.2) is 0 Å². The second-order valence-electron chi connectivity index (χ2n) is 5.13. The highest BCUT2D eigenvalue weighted by atomic mass is 16.2. The maximum absolute atomic E-state index is 12.0. The van der Waals surface area contributed by atoms with Gasteiger partial charge in [0.15, 0.2) is 5.65 Å². The molecule has 20 heavy (non-hydrogen) atoms. The molecule has 2 aromatic heterocycles.